The monoisotopic (exact) mass is 440 g/mol. The lowest BCUT2D eigenvalue weighted by Gasteiger charge is -2.32. The number of benzene rings is 2. The first-order chi connectivity index (χ1) is 15.0. The molecule has 2 aromatic carbocycles. The summed E-state index contributed by atoms with van der Waals surface area (Å²) in [4.78, 5) is 26.2. The number of aromatic nitrogens is 2. The molecule has 0 unspecified atom stereocenters. The van der Waals surface area contributed by atoms with Crippen molar-refractivity contribution in [3.63, 3.8) is 0 Å². The van der Waals surface area contributed by atoms with E-state index in [1.54, 1.807) is 12.1 Å². The van der Waals surface area contributed by atoms with Crippen LogP contribution in [0.25, 0.3) is 16.6 Å². The second kappa shape index (κ2) is 8.33. The van der Waals surface area contributed by atoms with Crippen LogP contribution in [0, 0.1) is 12.7 Å². The molecule has 2 heterocycles. The molecule has 0 atom stereocenters. The van der Waals surface area contributed by atoms with Gasteiger partial charge in [-0.3, -0.25) is 9.36 Å². The molecule has 0 bridgehead atoms. The largest absolute Gasteiger partial charge is 0.495 e. The van der Waals surface area contributed by atoms with Crippen LogP contribution in [-0.2, 0) is 16.4 Å². The lowest BCUT2D eigenvalue weighted by molar-refractivity contribution is 0.00578. The molecule has 0 saturated carbocycles. The van der Waals surface area contributed by atoms with Gasteiger partial charge in [-0.05, 0) is 63.8 Å². The van der Waals surface area contributed by atoms with Crippen molar-refractivity contribution in [3.8, 4) is 5.69 Å². The molecule has 170 valence electrons. The standard InChI is InChI=1S/C22H24BFN2O4.C2H6/c1-13-15(23-29-21(2,3)22(4,5)30-23)10-8-12-17(13)26-19(27)14-9-7-11-16(24)18(14)25(6)20(26)28;1-2/h7-12H,1-6H3;1-2H3. The van der Waals surface area contributed by atoms with Crippen molar-refractivity contribution in [2.45, 2.75) is 59.7 Å². The van der Waals surface area contributed by atoms with Gasteiger partial charge in [0.2, 0.25) is 0 Å². The quantitative estimate of drug-likeness (QED) is 0.573. The highest BCUT2D eigenvalue weighted by atomic mass is 19.1. The molecule has 0 spiro atoms. The Morgan fingerprint density at radius 2 is 1.50 bits per heavy atom. The summed E-state index contributed by atoms with van der Waals surface area (Å²) in [5.74, 6) is -0.612. The van der Waals surface area contributed by atoms with Gasteiger partial charge in [-0.15, -0.1) is 0 Å². The third-order valence-corrected chi connectivity index (χ3v) is 6.33. The smallest absolute Gasteiger partial charge is 0.399 e. The highest BCUT2D eigenvalue weighted by molar-refractivity contribution is 6.62. The van der Waals surface area contributed by atoms with Crippen LogP contribution in [0.3, 0.4) is 0 Å². The zero-order valence-corrected chi connectivity index (χ0v) is 19.9. The van der Waals surface area contributed by atoms with E-state index in [1.807, 2.05) is 54.5 Å². The topological polar surface area (TPSA) is 62.5 Å². The number of hydrogen-bond acceptors (Lipinski definition) is 4. The number of rotatable bonds is 2. The molecular formula is C24H30BFN2O4. The maximum Gasteiger partial charge on any atom is 0.495 e. The Balaban J connectivity index is 0.00000141. The van der Waals surface area contributed by atoms with Gasteiger partial charge in [0, 0.05) is 7.05 Å². The van der Waals surface area contributed by atoms with Crippen LogP contribution >= 0.6 is 0 Å². The van der Waals surface area contributed by atoms with Crippen molar-refractivity contribution in [1.29, 1.82) is 0 Å². The molecule has 1 aliphatic heterocycles. The molecule has 1 saturated heterocycles. The van der Waals surface area contributed by atoms with E-state index in [0.29, 0.717) is 11.3 Å². The summed E-state index contributed by atoms with van der Waals surface area (Å²) in [5, 5.41) is 0.137. The Labute approximate surface area is 187 Å². The molecule has 0 N–H and O–H groups in total. The maximum absolute atomic E-state index is 14.3. The summed E-state index contributed by atoms with van der Waals surface area (Å²) in [7, 11) is 0.823. The summed E-state index contributed by atoms with van der Waals surface area (Å²) in [6.07, 6.45) is 0. The fourth-order valence-electron chi connectivity index (χ4n) is 3.80. The number of hydrogen-bond donors (Lipinski definition) is 0. The van der Waals surface area contributed by atoms with E-state index < -0.39 is 35.4 Å². The van der Waals surface area contributed by atoms with E-state index in [9.17, 15) is 14.0 Å². The van der Waals surface area contributed by atoms with E-state index in [-0.39, 0.29) is 10.9 Å². The fourth-order valence-corrected chi connectivity index (χ4v) is 3.80. The van der Waals surface area contributed by atoms with E-state index >= 15 is 0 Å². The Hall–Kier alpha value is -2.71. The molecule has 1 aromatic heterocycles. The van der Waals surface area contributed by atoms with Crippen LogP contribution in [0.2, 0.25) is 0 Å². The van der Waals surface area contributed by atoms with Crippen molar-refractivity contribution >= 4 is 23.5 Å². The van der Waals surface area contributed by atoms with Gasteiger partial charge in [-0.1, -0.05) is 32.0 Å². The molecule has 0 radical (unpaired) electrons. The normalized spacial score (nSPS) is 16.7. The first-order valence-corrected chi connectivity index (χ1v) is 10.8. The first-order valence-electron chi connectivity index (χ1n) is 10.8. The number of nitrogens with zero attached hydrogens (tertiary/aromatic N) is 2. The molecule has 1 aliphatic rings. The van der Waals surface area contributed by atoms with Gasteiger partial charge >= 0.3 is 12.8 Å². The van der Waals surface area contributed by atoms with Crippen molar-refractivity contribution in [3.05, 3.63) is 68.6 Å². The first kappa shape index (κ1) is 23.9. The molecule has 4 rings (SSSR count). The number of para-hydroxylation sites is 1. The summed E-state index contributed by atoms with van der Waals surface area (Å²) in [6.45, 7) is 13.7. The van der Waals surface area contributed by atoms with Gasteiger partial charge in [0.1, 0.15) is 5.82 Å². The minimum Gasteiger partial charge on any atom is -0.399 e. The third kappa shape index (κ3) is 3.61. The Morgan fingerprint density at radius 1 is 0.938 bits per heavy atom. The molecular weight excluding hydrogens is 410 g/mol. The van der Waals surface area contributed by atoms with Gasteiger partial charge in [0.15, 0.2) is 0 Å². The van der Waals surface area contributed by atoms with E-state index in [2.05, 4.69) is 0 Å². The molecule has 32 heavy (non-hydrogen) atoms. The van der Waals surface area contributed by atoms with Crippen molar-refractivity contribution < 1.29 is 13.7 Å². The molecule has 1 fully saturated rings. The average molecular weight is 440 g/mol. The minimum absolute atomic E-state index is 0.0106. The zero-order chi connectivity index (χ0) is 24.0. The lowest BCUT2D eigenvalue weighted by Crippen LogP contribution is -2.41. The SMILES string of the molecule is CC.Cc1c(B2OC(C)(C)C(C)(C)O2)cccc1-n1c(=O)c2cccc(F)c2n(C)c1=O. The Bertz CT molecular complexity index is 1280. The molecule has 8 heteroatoms. The summed E-state index contributed by atoms with van der Waals surface area (Å²) < 4.78 is 28.8. The van der Waals surface area contributed by atoms with Gasteiger partial charge < -0.3 is 9.31 Å². The van der Waals surface area contributed by atoms with Gasteiger partial charge in [0.25, 0.3) is 5.56 Å². The second-order valence-electron chi connectivity index (χ2n) is 8.70. The van der Waals surface area contributed by atoms with Crippen LogP contribution in [0.15, 0.2) is 46.0 Å². The highest BCUT2D eigenvalue weighted by Gasteiger charge is 2.52. The van der Waals surface area contributed by atoms with Crippen LogP contribution in [0.1, 0.15) is 47.1 Å². The predicted octanol–water partition coefficient (Wildman–Crippen LogP) is 3.46. The van der Waals surface area contributed by atoms with E-state index in [0.717, 1.165) is 14.6 Å². The zero-order valence-electron chi connectivity index (χ0n) is 19.9. The molecule has 0 aliphatic carbocycles. The maximum atomic E-state index is 14.3. The number of halogens is 1. The molecule has 3 aromatic rings. The lowest BCUT2D eigenvalue weighted by atomic mass is 9.76. The Kier molecular flexibility index (Phi) is 6.24. The van der Waals surface area contributed by atoms with Gasteiger partial charge in [-0.25, -0.2) is 13.8 Å². The van der Waals surface area contributed by atoms with E-state index in [1.165, 1.54) is 25.2 Å². The number of fused-ring (bicyclic) bond motifs is 1. The average Bonchev–Trinajstić information content (AvgIpc) is 2.96. The molecule has 0 amide bonds. The Morgan fingerprint density at radius 3 is 2.09 bits per heavy atom. The van der Waals surface area contributed by atoms with Gasteiger partial charge in [0.05, 0.1) is 27.8 Å². The van der Waals surface area contributed by atoms with Crippen molar-refractivity contribution in [2.75, 3.05) is 0 Å². The summed E-state index contributed by atoms with van der Waals surface area (Å²) >= 11 is 0. The predicted molar refractivity (Wildman–Crippen MR) is 127 cm³/mol. The summed E-state index contributed by atoms with van der Waals surface area (Å²) in [5.41, 5.74) is -0.400. The number of aryl methyl sites for hydroxylation is 1. The van der Waals surface area contributed by atoms with Crippen LogP contribution in [0.4, 0.5) is 4.39 Å². The highest BCUT2D eigenvalue weighted by Crippen LogP contribution is 2.36. The minimum atomic E-state index is -0.632. The van der Waals surface area contributed by atoms with Crippen LogP contribution in [-0.4, -0.2) is 27.5 Å². The fraction of sp³-hybridized carbons (Fsp3) is 0.417. The van der Waals surface area contributed by atoms with E-state index in [4.69, 9.17) is 9.31 Å². The molecule has 6 nitrogen and oxygen atoms in total. The van der Waals surface area contributed by atoms with Crippen LogP contribution in [0.5, 0.6) is 0 Å². The summed E-state index contributed by atoms with van der Waals surface area (Å²) in [6, 6.07) is 9.51. The van der Waals surface area contributed by atoms with Crippen LogP contribution < -0.4 is 16.7 Å². The van der Waals surface area contributed by atoms with Crippen molar-refractivity contribution in [1.82, 2.24) is 9.13 Å². The third-order valence-electron chi connectivity index (χ3n) is 6.33. The van der Waals surface area contributed by atoms with Crippen molar-refractivity contribution in [2.24, 2.45) is 7.05 Å². The van der Waals surface area contributed by atoms with Gasteiger partial charge in [-0.2, -0.15) is 0 Å². The second-order valence-corrected chi connectivity index (χ2v) is 8.70.